The summed E-state index contributed by atoms with van der Waals surface area (Å²) in [7, 11) is 0. The van der Waals surface area contributed by atoms with E-state index in [9.17, 15) is 0 Å². The van der Waals surface area contributed by atoms with E-state index in [0.717, 1.165) is 11.4 Å². The summed E-state index contributed by atoms with van der Waals surface area (Å²) in [5.74, 6) is 0.118. The summed E-state index contributed by atoms with van der Waals surface area (Å²) in [4.78, 5) is 0. The number of hydrogen-bond donors (Lipinski definition) is 0. The van der Waals surface area contributed by atoms with Crippen molar-refractivity contribution in [3.8, 4) is 55.9 Å². The first-order chi connectivity index (χ1) is 33.2. The predicted octanol–water partition coefficient (Wildman–Crippen LogP) is 17.2. The van der Waals surface area contributed by atoms with Gasteiger partial charge in [-0.25, -0.2) is 0 Å². The molecule has 1 unspecified atom stereocenters. The van der Waals surface area contributed by atoms with Crippen LogP contribution in [0.25, 0.3) is 110 Å². The number of para-hydroxylation sites is 1. The van der Waals surface area contributed by atoms with Gasteiger partial charge in [-0.15, -0.1) is 0 Å². The Balaban J connectivity index is 0.975. The van der Waals surface area contributed by atoms with Gasteiger partial charge in [0, 0.05) is 38.8 Å². The van der Waals surface area contributed by atoms with Gasteiger partial charge in [-0.05, 0) is 139 Å². The molecule has 1 aliphatic carbocycles. The number of rotatable bonds is 6. The predicted molar refractivity (Wildman–Crippen MR) is 282 cm³/mol. The molecule has 0 amide bonds. The summed E-state index contributed by atoms with van der Waals surface area (Å²) in [5, 5.41) is 7.52. The summed E-state index contributed by atoms with van der Waals surface area (Å²) < 4.78 is 4.92. The fourth-order valence-electron chi connectivity index (χ4n) is 11.3. The highest BCUT2D eigenvalue weighted by atomic mass is 15.0. The van der Waals surface area contributed by atoms with Crippen LogP contribution < -0.4 is 0 Å². The van der Waals surface area contributed by atoms with E-state index in [4.69, 9.17) is 0 Å². The van der Waals surface area contributed by atoms with Crippen LogP contribution >= 0.6 is 0 Å². The van der Waals surface area contributed by atoms with Crippen molar-refractivity contribution in [2.45, 2.75) is 5.92 Å². The van der Waals surface area contributed by atoms with Crippen molar-refractivity contribution in [3.63, 3.8) is 0 Å². The van der Waals surface area contributed by atoms with Gasteiger partial charge in [-0.2, -0.15) is 0 Å². The number of benzene rings is 11. The fraction of sp³-hybridized carbons (Fsp3) is 0.0154. The molecule has 2 aromatic heterocycles. The molecule has 0 bridgehead atoms. The van der Waals surface area contributed by atoms with E-state index in [0.29, 0.717) is 0 Å². The van der Waals surface area contributed by atoms with Crippen molar-refractivity contribution in [1.82, 2.24) is 9.13 Å². The topological polar surface area (TPSA) is 9.86 Å². The van der Waals surface area contributed by atoms with Crippen molar-refractivity contribution in [2.75, 3.05) is 0 Å². The Morgan fingerprint density at radius 3 is 1.48 bits per heavy atom. The molecular formula is C65H42N2. The van der Waals surface area contributed by atoms with E-state index in [-0.39, 0.29) is 5.92 Å². The van der Waals surface area contributed by atoms with Gasteiger partial charge in [0.05, 0.1) is 22.1 Å². The van der Waals surface area contributed by atoms with Crippen molar-refractivity contribution in [1.29, 1.82) is 0 Å². The summed E-state index contributed by atoms with van der Waals surface area (Å²) in [6.07, 6.45) is 0. The lowest BCUT2D eigenvalue weighted by molar-refractivity contribution is 1.02. The minimum Gasteiger partial charge on any atom is -0.309 e. The van der Waals surface area contributed by atoms with E-state index in [2.05, 4.69) is 258 Å². The Morgan fingerprint density at radius 2 is 0.776 bits per heavy atom. The van der Waals surface area contributed by atoms with Crippen LogP contribution in [0.2, 0.25) is 0 Å². The third kappa shape index (κ3) is 5.97. The lowest BCUT2D eigenvalue weighted by Gasteiger charge is -2.16. The summed E-state index contributed by atoms with van der Waals surface area (Å²) in [5.41, 5.74) is 21.0. The molecule has 312 valence electrons. The maximum Gasteiger partial charge on any atom is 0.0544 e. The molecule has 0 radical (unpaired) electrons. The zero-order valence-corrected chi connectivity index (χ0v) is 36.6. The lowest BCUT2D eigenvalue weighted by atomic mass is 9.88. The third-order valence-electron chi connectivity index (χ3n) is 14.3. The SMILES string of the molecule is c1ccc(-c2cccc(-n3c4ccccc4c4cc(-c5ccc6c(c5)c5cc7c(cc5n6-c5cccc(-c6ccccc6)c5)C(c5ccc6ccccc6c5)c5ccccc5-7)ccc43)c2)cc1. The van der Waals surface area contributed by atoms with Crippen LogP contribution in [0.1, 0.15) is 22.6 Å². The average Bonchev–Trinajstić information content (AvgIpc) is 4.03. The molecule has 0 N–H and O–H groups in total. The molecule has 0 fully saturated rings. The maximum atomic E-state index is 2.51. The molecule has 1 aliphatic rings. The van der Waals surface area contributed by atoms with Crippen molar-refractivity contribution < 1.29 is 0 Å². The highest BCUT2D eigenvalue weighted by Crippen LogP contribution is 2.51. The minimum absolute atomic E-state index is 0.118. The van der Waals surface area contributed by atoms with Crippen LogP contribution in [0, 0.1) is 0 Å². The van der Waals surface area contributed by atoms with Gasteiger partial charge in [-0.1, -0.05) is 182 Å². The summed E-state index contributed by atoms with van der Waals surface area (Å²) >= 11 is 0. The molecule has 0 spiro atoms. The van der Waals surface area contributed by atoms with E-state index >= 15 is 0 Å². The lowest BCUT2D eigenvalue weighted by Crippen LogP contribution is -2.00. The Hall–Kier alpha value is -8.72. The standard InChI is InChI=1S/C65H42N2/c1-3-15-42(16-4-1)46-21-13-23-51(36-46)66-61-28-12-11-26-54(61)57-38-48(31-33-62(57)66)49-32-34-63-58(39-49)59-40-56-53-25-9-10-27-55(53)65(50-30-29-44-19-7-8-20-45(44)35-50)60(56)41-64(59)67(63)52-24-14-22-47(37-52)43-17-5-2-6-18-43/h1-41,65H. The molecule has 11 aromatic carbocycles. The normalized spacial score (nSPS) is 13.2. The number of nitrogens with zero attached hydrogens (tertiary/aromatic N) is 2. The number of fused-ring (bicyclic) bond motifs is 10. The van der Waals surface area contributed by atoms with E-state index < -0.39 is 0 Å². The molecule has 2 nitrogen and oxygen atoms in total. The second-order valence-corrected chi connectivity index (χ2v) is 18.1. The molecule has 0 saturated carbocycles. The van der Waals surface area contributed by atoms with Crippen molar-refractivity contribution in [2.24, 2.45) is 0 Å². The van der Waals surface area contributed by atoms with Gasteiger partial charge < -0.3 is 9.13 Å². The number of hydrogen-bond acceptors (Lipinski definition) is 0. The van der Waals surface area contributed by atoms with Gasteiger partial charge >= 0.3 is 0 Å². The average molecular weight is 851 g/mol. The third-order valence-corrected chi connectivity index (χ3v) is 14.3. The van der Waals surface area contributed by atoms with Crippen LogP contribution in [-0.2, 0) is 0 Å². The monoisotopic (exact) mass is 850 g/mol. The van der Waals surface area contributed by atoms with Gasteiger partial charge in [-0.3, -0.25) is 0 Å². The first-order valence-electron chi connectivity index (χ1n) is 23.3. The molecule has 2 heterocycles. The van der Waals surface area contributed by atoms with Crippen LogP contribution in [0.4, 0.5) is 0 Å². The molecule has 14 rings (SSSR count). The molecule has 67 heavy (non-hydrogen) atoms. The summed E-state index contributed by atoms with van der Waals surface area (Å²) in [6.45, 7) is 0. The van der Waals surface area contributed by atoms with Gasteiger partial charge in [0.1, 0.15) is 0 Å². The van der Waals surface area contributed by atoms with Crippen LogP contribution in [0.15, 0.2) is 249 Å². The quantitative estimate of drug-likeness (QED) is 0.158. The Labute approximate surface area is 388 Å². The number of aromatic nitrogens is 2. The summed E-state index contributed by atoms with van der Waals surface area (Å²) in [6, 6.07) is 92.1. The first kappa shape index (κ1) is 37.6. The first-order valence-corrected chi connectivity index (χ1v) is 23.3. The molecular weight excluding hydrogens is 809 g/mol. The highest BCUT2D eigenvalue weighted by molar-refractivity contribution is 6.14. The van der Waals surface area contributed by atoms with Crippen molar-refractivity contribution >= 4 is 54.4 Å². The van der Waals surface area contributed by atoms with Crippen LogP contribution in [-0.4, -0.2) is 9.13 Å². The Bertz CT molecular complexity index is 4100. The largest absolute Gasteiger partial charge is 0.309 e. The second kappa shape index (κ2) is 14.9. The van der Waals surface area contributed by atoms with Gasteiger partial charge in [0.2, 0.25) is 0 Å². The zero-order chi connectivity index (χ0) is 44.0. The molecule has 2 heteroatoms. The minimum atomic E-state index is 0.118. The molecule has 0 aliphatic heterocycles. The second-order valence-electron chi connectivity index (χ2n) is 18.1. The smallest absolute Gasteiger partial charge is 0.0544 e. The molecule has 0 saturated heterocycles. The maximum absolute atomic E-state index is 2.51. The van der Waals surface area contributed by atoms with Crippen LogP contribution in [0.3, 0.4) is 0 Å². The van der Waals surface area contributed by atoms with Gasteiger partial charge in [0.15, 0.2) is 0 Å². The van der Waals surface area contributed by atoms with Gasteiger partial charge in [0.25, 0.3) is 0 Å². The molecule has 1 atom stereocenters. The van der Waals surface area contributed by atoms with Crippen LogP contribution in [0.5, 0.6) is 0 Å². The fourth-order valence-corrected chi connectivity index (χ4v) is 11.3. The Kier molecular flexibility index (Phi) is 8.38. The van der Waals surface area contributed by atoms with E-state index in [1.54, 1.807) is 0 Å². The van der Waals surface area contributed by atoms with Crippen molar-refractivity contribution in [3.05, 3.63) is 265 Å². The highest BCUT2D eigenvalue weighted by Gasteiger charge is 2.32. The molecule has 13 aromatic rings. The van der Waals surface area contributed by atoms with E-state index in [1.165, 1.54) is 116 Å². The zero-order valence-electron chi connectivity index (χ0n) is 36.6. The Morgan fingerprint density at radius 1 is 0.254 bits per heavy atom. The van der Waals surface area contributed by atoms with E-state index in [1.807, 2.05) is 0 Å².